The Hall–Kier alpha value is -0.940. The van der Waals surface area contributed by atoms with E-state index in [4.69, 9.17) is 9.73 Å². The van der Waals surface area contributed by atoms with Crippen molar-refractivity contribution in [3.8, 4) is 0 Å². The van der Waals surface area contributed by atoms with E-state index in [2.05, 4.69) is 50.7 Å². The molecule has 0 aliphatic carbocycles. The van der Waals surface area contributed by atoms with Crippen LogP contribution in [0.5, 0.6) is 0 Å². The number of aliphatic imine (C=N–C) groups is 1. The first-order valence-corrected chi connectivity index (χ1v) is 11.4. The molecule has 1 aromatic heterocycles. The quantitative estimate of drug-likeness (QED) is 0.239. The molecule has 3 rings (SSSR count). The summed E-state index contributed by atoms with van der Waals surface area (Å²) in [4.78, 5) is 9.94. The highest BCUT2D eigenvalue weighted by Gasteiger charge is 2.24. The van der Waals surface area contributed by atoms with Gasteiger partial charge in [0.2, 0.25) is 0 Å². The number of morpholine rings is 1. The Labute approximate surface area is 198 Å². The molecule has 1 aromatic rings. The van der Waals surface area contributed by atoms with Crippen LogP contribution in [0.25, 0.3) is 0 Å². The molecular weight excluding hydrogens is 493 g/mol. The zero-order valence-electron chi connectivity index (χ0n) is 18.9. The average Bonchev–Trinajstić information content (AvgIpc) is 3.17. The summed E-state index contributed by atoms with van der Waals surface area (Å²) in [6.45, 7) is 16.5. The number of nitrogens with zero attached hydrogens (tertiary/aromatic N) is 6. The molecule has 2 atom stereocenters. The minimum Gasteiger partial charge on any atom is -0.379 e. The van der Waals surface area contributed by atoms with Crippen molar-refractivity contribution in [2.75, 3.05) is 59.0 Å². The number of hydrogen-bond acceptors (Lipinski definition) is 5. The number of guanidine groups is 1. The molecule has 0 saturated carbocycles. The molecule has 2 aliphatic heterocycles. The zero-order chi connectivity index (χ0) is 20.5. The summed E-state index contributed by atoms with van der Waals surface area (Å²) in [6.07, 6.45) is 5.13. The van der Waals surface area contributed by atoms with Crippen molar-refractivity contribution in [1.29, 1.82) is 0 Å². The van der Waals surface area contributed by atoms with Crippen molar-refractivity contribution >= 4 is 29.9 Å². The third-order valence-corrected chi connectivity index (χ3v) is 5.81. The molecule has 9 heteroatoms. The highest BCUT2D eigenvalue weighted by atomic mass is 127. The summed E-state index contributed by atoms with van der Waals surface area (Å²) >= 11 is 0. The second kappa shape index (κ2) is 13.5. The number of hydrogen-bond donors (Lipinski definition) is 1. The maximum absolute atomic E-state index is 5.44. The lowest BCUT2D eigenvalue weighted by Gasteiger charge is -2.37. The van der Waals surface area contributed by atoms with Crippen LogP contribution in [0.2, 0.25) is 0 Å². The Morgan fingerprint density at radius 2 is 1.93 bits per heavy atom. The van der Waals surface area contributed by atoms with Gasteiger partial charge >= 0.3 is 0 Å². The van der Waals surface area contributed by atoms with Crippen LogP contribution in [0, 0.1) is 11.8 Å². The topological polar surface area (TPSA) is 70.8 Å². The van der Waals surface area contributed by atoms with Gasteiger partial charge in [0.05, 0.1) is 13.2 Å². The number of likely N-dealkylation sites (tertiary alicyclic amines) is 1. The fraction of sp³-hybridized carbons (Fsp3) is 0.857. The van der Waals surface area contributed by atoms with E-state index >= 15 is 0 Å². The molecule has 8 nitrogen and oxygen atoms in total. The molecule has 0 bridgehead atoms. The predicted molar refractivity (Wildman–Crippen MR) is 132 cm³/mol. The summed E-state index contributed by atoms with van der Waals surface area (Å²) in [6, 6.07) is 0. The highest BCUT2D eigenvalue weighted by molar-refractivity contribution is 14.0. The van der Waals surface area contributed by atoms with Gasteiger partial charge in [0.15, 0.2) is 5.96 Å². The van der Waals surface area contributed by atoms with Crippen LogP contribution in [0.1, 0.15) is 39.4 Å². The highest BCUT2D eigenvalue weighted by Crippen LogP contribution is 2.21. The lowest BCUT2D eigenvalue weighted by atomic mass is 9.92. The summed E-state index contributed by atoms with van der Waals surface area (Å²) in [5.74, 6) is 3.53. The summed E-state index contributed by atoms with van der Waals surface area (Å²) in [5.41, 5.74) is 0. The van der Waals surface area contributed by atoms with Crippen molar-refractivity contribution in [1.82, 2.24) is 29.9 Å². The van der Waals surface area contributed by atoms with Crippen molar-refractivity contribution < 1.29 is 4.74 Å². The number of halogens is 1. The van der Waals surface area contributed by atoms with Crippen LogP contribution < -0.4 is 5.32 Å². The molecule has 0 radical (unpaired) electrons. The Kier molecular flexibility index (Phi) is 11.4. The molecule has 2 saturated heterocycles. The van der Waals surface area contributed by atoms with Gasteiger partial charge in [-0.1, -0.05) is 20.8 Å². The summed E-state index contributed by atoms with van der Waals surface area (Å²) in [5, 5.41) is 11.8. The lowest BCUT2D eigenvalue weighted by Crippen LogP contribution is -2.49. The minimum atomic E-state index is 0. The standard InChI is InChI=1S/C21H39N7O.HI/c1-4-20-25-24-17-27(20)9-7-23-21(28-15-18(2)14-19(3)16-28)22-6-5-8-26-10-12-29-13-11-26;/h17-19H,4-16H2,1-3H3,(H,22,23);1H. The van der Waals surface area contributed by atoms with Crippen LogP contribution in [-0.2, 0) is 17.7 Å². The second-order valence-corrected chi connectivity index (χ2v) is 8.58. The van der Waals surface area contributed by atoms with Crippen LogP contribution in [0.3, 0.4) is 0 Å². The smallest absolute Gasteiger partial charge is 0.194 e. The molecule has 2 fully saturated rings. The normalized spacial score (nSPS) is 23.3. The van der Waals surface area contributed by atoms with Gasteiger partial charge in [-0.05, 0) is 24.7 Å². The largest absolute Gasteiger partial charge is 0.379 e. The van der Waals surface area contributed by atoms with E-state index in [9.17, 15) is 0 Å². The van der Waals surface area contributed by atoms with Gasteiger partial charge in [0, 0.05) is 58.8 Å². The van der Waals surface area contributed by atoms with Gasteiger partial charge in [-0.25, -0.2) is 0 Å². The van der Waals surface area contributed by atoms with E-state index in [-0.39, 0.29) is 24.0 Å². The first-order valence-electron chi connectivity index (χ1n) is 11.4. The van der Waals surface area contributed by atoms with Crippen LogP contribution in [-0.4, -0.2) is 89.6 Å². The molecular formula is C21H40IN7O. The Morgan fingerprint density at radius 3 is 2.63 bits per heavy atom. The predicted octanol–water partition coefficient (Wildman–Crippen LogP) is 2.10. The maximum atomic E-state index is 5.44. The van der Waals surface area contributed by atoms with Gasteiger partial charge in [0.25, 0.3) is 0 Å². The molecule has 30 heavy (non-hydrogen) atoms. The third kappa shape index (κ3) is 7.96. The maximum Gasteiger partial charge on any atom is 0.194 e. The number of aryl methyl sites for hydroxylation is 1. The van der Waals surface area contributed by atoms with Gasteiger partial charge in [-0.15, -0.1) is 34.2 Å². The second-order valence-electron chi connectivity index (χ2n) is 8.58. The number of piperidine rings is 1. The van der Waals surface area contributed by atoms with Gasteiger partial charge in [-0.2, -0.15) is 0 Å². The summed E-state index contributed by atoms with van der Waals surface area (Å²) < 4.78 is 7.57. The molecule has 0 spiro atoms. The number of ether oxygens (including phenoxy) is 1. The van der Waals surface area contributed by atoms with Crippen molar-refractivity contribution in [3.05, 3.63) is 12.2 Å². The molecule has 1 N–H and O–H groups in total. The van der Waals surface area contributed by atoms with Gasteiger partial charge < -0.3 is 19.5 Å². The molecule has 2 aliphatic rings. The average molecular weight is 534 g/mol. The van der Waals surface area contributed by atoms with Crippen LogP contribution in [0.4, 0.5) is 0 Å². The fourth-order valence-corrected chi connectivity index (χ4v) is 4.44. The number of aromatic nitrogens is 3. The lowest BCUT2D eigenvalue weighted by molar-refractivity contribution is 0.0377. The first-order chi connectivity index (χ1) is 14.2. The minimum absolute atomic E-state index is 0. The first kappa shape index (κ1) is 25.3. The Balaban J connectivity index is 0.00000320. The van der Waals surface area contributed by atoms with Gasteiger partial charge in [0.1, 0.15) is 12.2 Å². The van der Waals surface area contributed by atoms with E-state index in [1.807, 2.05) is 6.33 Å². The van der Waals surface area contributed by atoms with Crippen molar-refractivity contribution in [3.63, 3.8) is 0 Å². The SMILES string of the molecule is CCc1nncn1CCNC(=NCCCN1CCOCC1)N1CC(C)CC(C)C1.I. The van der Waals surface area contributed by atoms with Crippen LogP contribution in [0.15, 0.2) is 11.3 Å². The zero-order valence-corrected chi connectivity index (χ0v) is 21.3. The van der Waals surface area contributed by atoms with Crippen molar-refractivity contribution in [2.24, 2.45) is 16.8 Å². The molecule has 0 amide bonds. The monoisotopic (exact) mass is 533 g/mol. The molecule has 2 unspecified atom stereocenters. The van der Waals surface area contributed by atoms with E-state index in [0.29, 0.717) is 11.8 Å². The van der Waals surface area contributed by atoms with Gasteiger partial charge in [-0.3, -0.25) is 9.89 Å². The molecule has 0 aromatic carbocycles. The van der Waals surface area contributed by atoms with Crippen molar-refractivity contribution in [2.45, 2.75) is 46.6 Å². The Bertz CT molecular complexity index is 623. The summed E-state index contributed by atoms with van der Waals surface area (Å²) in [7, 11) is 0. The molecule has 172 valence electrons. The Morgan fingerprint density at radius 1 is 1.20 bits per heavy atom. The number of nitrogens with one attached hydrogen (secondary N) is 1. The fourth-order valence-electron chi connectivity index (χ4n) is 4.44. The third-order valence-electron chi connectivity index (χ3n) is 5.81. The van der Waals surface area contributed by atoms with E-state index in [0.717, 1.165) is 90.2 Å². The number of rotatable bonds is 8. The van der Waals surface area contributed by atoms with Crippen LogP contribution >= 0.6 is 24.0 Å². The van der Waals surface area contributed by atoms with E-state index < -0.39 is 0 Å². The van der Waals surface area contributed by atoms with E-state index in [1.54, 1.807) is 0 Å². The molecule has 3 heterocycles. The van der Waals surface area contributed by atoms with E-state index in [1.165, 1.54) is 6.42 Å².